The third-order valence-corrected chi connectivity index (χ3v) is 3.85. The largest absolute Gasteiger partial charge is 0.481 e. The smallest absolute Gasteiger partial charge is 0.303 e. The maximum atomic E-state index is 12.0. The lowest BCUT2D eigenvalue weighted by Crippen LogP contribution is -2.49. The number of carboxylic acid groups (broad SMARTS) is 1. The number of Topliss-reactive ketones (excluding diaryl/α,β-unsaturated/α-hetero) is 1. The maximum absolute atomic E-state index is 12.0. The molecule has 0 aliphatic carbocycles. The highest BCUT2D eigenvalue weighted by Crippen LogP contribution is 2.19. The molecule has 6 nitrogen and oxygen atoms in total. The van der Waals surface area contributed by atoms with Gasteiger partial charge in [-0.15, -0.1) is 0 Å². The molecule has 2 atom stereocenters. The Morgan fingerprint density at radius 3 is 2.52 bits per heavy atom. The van der Waals surface area contributed by atoms with Gasteiger partial charge in [-0.2, -0.15) is 0 Å². The summed E-state index contributed by atoms with van der Waals surface area (Å²) in [6.45, 7) is 6.94. The van der Waals surface area contributed by atoms with Gasteiger partial charge >= 0.3 is 5.97 Å². The Bertz CT molecular complexity index is 395. The maximum Gasteiger partial charge on any atom is 0.303 e. The van der Waals surface area contributed by atoms with E-state index in [-0.39, 0.29) is 36.5 Å². The highest BCUT2D eigenvalue weighted by atomic mass is 16.4. The molecule has 1 amide bonds. The highest BCUT2D eigenvalue weighted by molar-refractivity contribution is 5.88. The molecule has 6 heteroatoms. The average molecular weight is 298 g/mol. The van der Waals surface area contributed by atoms with Gasteiger partial charge in [-0.3, -0.25) is 19.3 Å². The van der Waals surface area contributed by atoms with Crippen LogP contribution in [0.1, 0.15) is 40.0 Å². The van der Waals surface area contributed by atoms with Gasteiger partial charge in [-0.05, 0) is 38.1 Å². The zero-order chi connectivity index (χ0) is 16.0. The Labute approximate surface area is 125 Å². The number of hydrogen-bond donors (Lipinski definition) is 2. The van der Waals surface area contributed by atoms with Gasteiger partial charge in [0.1, 0.15) is 0 Å². The molecule has 1 heterocycles. The lowest BCUT2D eigenvalue weighted by molar-refractivity contribution is -0.138. The van der Waals surface area contributed by atoms with Crippen LogP contribution in [0.5, 0.6) is 0 Å². The van der Waals surface area contributed by atoms with Gasteiger partial charge in [0.2, 0.25) is 5.91 Å². The first-order chi connectivity index (χ1) is 9.79. The van der Waals surface area contributed by atoms with Crippen molar-refractivity contribution in [2.24, 2.45) is 11.8 Å². The van der Waals surface area contributed by atoms with Gasteiger partial charge in [0, 0.05) is 13.0 Å². The Balaban J connectivity index is 2.46. The standard InChI is InChI=1S/C15H26N2O4/c1-10(2)15(11(3)18)16-13(19)9-17-6-4-5-12(8-17)7-14(20)21/h10,12,15H,4-9H2,1-3H3,(H,16,19)(H,20,21). The molecule has 120 valence electrons. The van der Waals surface area contributed by atoms with Gasteiger partial charge in [-0.25, -0.2) is 0 Å². The summed E-state index contributed by atoms with van der Waals surface area (Å²) in [5, 5.41) is 11.6. The van der Waals surface area contributed by atoms with Gasteiger partial charge < -0.3 is 10.4 Å². The molecule has 1 fully saturated rings. The number of carboxylic acids is 1. The topological polar surface area (TPSA) is 86.7 Å². The van der Waals surface area contributed by atoms with Crippen LogP contribution in [0.3, 0.4) is 0 Å². The normalized spacial score (nSPS) is 21.0. The molecule has 21 heavy (non-hydrogen) atoms. The van der Waals surface area contributed by atoms with E-state index in [1.807, 2.05) is 18.7 Å². The van der Waals surface area contributed by atoms with Crippen LogP contribution in [-0.4, -0.2) is 53.3 Å². The third kappa shape index (κ3) is 6.25. The Kier molecular flexibility index (Phi) is 6.81. The van der Waals surface area contributed by atoms with Crippen LogP contribution in [0.2, 0.25) is 0 Å². The number of nitrogens with zero attached hydrogens (tertiary/aromatic N) is 1. The number of likely N-dealkylation sites (tertiary alicyclic amines) is 1. The molecule has 0 aromatic carbocycles. The molecule has 1 aliphatic rings. The second-order valence-corrected chi connectivity index (χ2v) is 6.24. The Morgan fingerprint density at radius 1 is 1.33 bits per heavy atom. The van der Waals surface area contributed by atoms with Gasteiger partial charge in [-0.1, -0.05) is 13.8 Å². The first kappa shape index (κ1) is 17.6. The van der Waals surface area contributed by atoms with Crippen molar-refractivity contribution in [3.63, 3.8) is 0 Å². The summed E-state index contributed by atoms with van der Waals surface area (Å²) >= 11 is 0. The molecule has 0 saturated carbocycles. The SMILES string of the molecule is CC(=O)C(NC(=O)CN1CCCC(CC(=O)O)C1)C(C)C. The van der Waals surface area contributed by atoms with E-state index < -0.39 is 12.0 Å². The molecule has 1 saturated heterocycles. The molecule has 2 unspecified atom stereocenters. The van der Waals surface area contributed by atoms with Gasteiger partial charge in [0.25, 0.3) is 0 Å². The van der Waals surface area contributed by atoms with Crippen molar-refractivity contribution in [2.75, 3.05) is 19.6 Å². The van der Waals surface area contributed by atoms with Crippen LogP contribution in [0, 0.1) is 11.8 Å². The molecule has 2 N–H and O–H groups in total. The quantitative estimate of drug-likeness (QED) is 0.729. The number of carbonyl (C=O) groups is 3. The molecule has 0 spiro atoms. The van der Waals surface area contributed by atoms with Crippen molar-refractivity contribution in [3.05, 3.63) is 0 Å². The second kappa shape index (κ2) is 8.12. The summed E-state index contributed by atoms with van der Waals surface area (Å²) in [5.41, 5.74) is 0. The number of ketones is 1. The monoisotopic (exact) mass is 298 g/mol. The van der Waals surface area contributed by atoms with Crippen LogP contribution < -0.4 is 5.32 Å². The van der Waals surface area contributed by atoms with Crippen LogP contribution in [0.4, 0.5) is 0 Å². The summed E-state index contributed by atoms with van der Waals surface area (Å²) in [5.74, 6) is -0.825. The Hall–Kier alpha value is -1.43. The third-order valence-electron chi connectivity index (χ3n) is 3.85. The summed E-state index contributed by atoms with van der Waals surface area (Å²) < 4.78 is 0. The van der Waals surface area contributed by atoms with E-state index in [9.17, 15) is 14.4 Å². The predicted molar refractivity (Wildman–Crippen MR) is 78.9 cm³/mol. The van der Waals surface area contributed by atoms with E-state index in [0.29, 0.717) is 6.54 Å². The van der Waals surface area contributed by atoms with E-state index in [4.69, 9.17) is 5.11 Å². The lowest BCUT2D eigenvalue weighted by atomic mass is 9.95. The van der Waals surface area contributed by atoms with E-state index in [2.05, 4.69) is 5.32 Å². The molecule has 1 rings (SSSR count). The van der Waals surface area contributed by atoms with E-state index in [1.165, 1.54) is 6.92 Å². The van der Waals surface area contributed by atoms with E-state index in [1.54, 1.807) is 0 Å². The summed E-state index contributed by atoms with van der Waals surface area (Å²) in [4.78, 5) is 36.3. The van der Waals surface area contributed by atoms with E-state index >= 15 is 0 Å². The molecule has 0 aromatic rings. The predicted octanol–water partition coefficient (Wildman–Crippen LogP) is 0.903. The molecule has 0 radical (unpaired) electrons. The number of piperidine rings is 1. The fourth-order valence-corrected chi connectivity index (χ4v) is 2.87. The average Bonchev–Trinajstić information content (AvgIpc) is 2.34. The van der Waals surface area contributed by atoms with Crippen molar-refractivity contribution in [3.8, 4) is 0 Å². The number of aliphatic carboxylic acids is 1. The molecular formula is C15H26N2O4. The van der Waals surface area contributed by atoms with Crippen LogP contribution in [-0.2, 0) is 14.4 Å². The number of hydrogen-bond acceptors (Lipinski definition) is 4. The van der Waals surface area contributed by atoms with Crippen molar-refractivity contribution in [1.29, 1.82) is 0 Å². The van der Waals surface area contributed by atoms with Crippen molar-refractivity contribution >= 4 is 17.7 Å². The summed E-state index contributed by atoms with van der Waals surface area (Å²) in [7, 11) is 0. The van der Waals surface area contributed by atoms with Crippen LogP contribution >= 0.6 is 0 Å². The van der Waals surface area contributed by atoms with Crippen molar-refractivity contribution in [1.82, 2.24) is 10.2 Å². The number of rotatable bonds is 7. The van der Waals surface area contributed by atoms with Crippen LogP contribution in [0.25, 0.3) is 0 Å². The zero-order valence-electron chi connectivity index (χ0n) is 13.1. The fraction of sp³-hybridized carbons (Fsp3) is 0.800. The molecule has 0 bridgehead atoms. The number of amides is 1. The Morgan fingerprint density at radius 2 is 2.00 bits per heavy atom. The molecule has 0 aromatic heterocycles. The molecule has 1 aliphatic heterocycles. The van der Waals surface area contributed by atoms with Crippen LogP contribution in [0.15, 0.2) is 0 Å². The number of nitrogens with one attached hydrogen (secondary N) is 1. The van der Waals surface area contributed by atoms with E-state index in [0.717, 1.165) is 19.4 Å². The first-order valence-corrected chi connectivity index (χ1v) is 7.53. The van der Waals surface area contributed by atoms with Gasteiger partial charge in [0.15, 0.2) is 5.78 Å². The first-order valence-electron chi connectivity index (χ1n) is 7.53. The second-order valence-electron chi connectivity index (χ2n) is 6.24. The highest BCUT2D eigenvalue weighted by Gasteiger charge is 2.25. The molecular weight excluding hydrogens is 272 g/mol. The zero-order valence-corrected chi connectivity index (χ0v) is 13.1. The number of carbonyl (C=O) groups excluding carboxylic acids is 2. The lowest BCUT2D eigenvalue weighted by Gasteiger charge is -2.32. The van der Waals surface area contributed by atoms with Crippen molar-refractivity contribution < 1.29 is 19.5 Å². The minimum Gasteiger partial charge on any atom is -0.481 e. The van der Waals surface area contributed by atoms with Crippen molar-refractivity contribution in [2.45, 2.75) is 46.1 Å². The minimum atomic E-state index is -0.789. The van der Waals surface area contributed by atoms with Gasteiger partial charge in [0.05, 0.1) is 12.6 Å². The minimum absolute atomic E-state index is 0.0410. The summed E-state index contributed by atoms with van der Waals surface area (Å²) in [6.07, 6.45) is 1.96. The summed E-state index contributed by atoms with van der Waals surface area (Å²) in [6, 6.07) is -0.447. The fourth-order valence-electron chi connectivity index (χ4n) is 2.87.